The number of imidazole rings is 2. The number of rotatable bonds is 9. The van der Waals surface area contributed by atoms with E-state index in [0.717, 1.165) is 5.52 Å². The standard InChI is InChI=1S/C31H31N5O6/c1-17(2)30(39)36-24-12-10-20(37)16-23(24)34-28(36)18(3)27-33-22-11-9-19(15-25(22)35(27)4)29(38)32-13-14-42-26-8-6-5-7-21(26)31(40)41/h5-12,15-18,37H,13-14H2,1-4H3,(H,32,38)(H,40,41). The van der Waals surface area contributed by atoms with Crippen molar-refractivity contribution >= 4 is 39.9 Å². The number of aromatic carboxylic acids is 1. The Hall–Kier alpha value is -5.19. The molecule has 5 rings (SSSR count). The van der Waals surface area contributed by atoms with Gasteiger partial charge in [0.05, 0.1) is 34.5 Å². The van der Waals surface area contributed by atoms with Gasteiger partial charge in [0.2, 0.25) is 5.91 Å². The molecular weight excluding hydrogens is 538 g/mol. The molecule has 0 saturated heterocycles. The van der Waals surface area contributed by atoms with Crippen LogP contribution in [0.15, 0.2) is 60.7 Å². The summed E-state index contributed by atoms with van der Waals surface area (Å²) in [5, 5.41) is 22.1. The summed E-state index contributed by atoms with van der Waals surface area (Å²) in [4.78, 5) is 47.0. The summed E-state index contributed by atoms with van der Waals surface area (Å²) in [5.74, 6) is -0.712. The summed E-state index contributed by atoms with van der Waals surface area (Å²) in [7, 11) is 1.85. The predicted octanol–water partition coefficient (Wildman–Crippen LogP) is 4.58. The summed E-state index contributed by atoms with van der Waals surface area (Å²) in [5.41, 5.74) is 3.01. The Balaban J connectivity index is 1.37. The van der Waals surface area contributed by atoms with Crippen molar-refractivity contribution in [1.29, 1.82) is 0 Å². The first kappa shape index (κ1) is 28.3. The molecule has 0 aliphatic heterocycles. The molecule has 2 heterocycles. The molecule has 0 saturated carbocycles. The Morgan fingerprint density at radius 2 is 1.67 bits per heavy atom. The largest absolute Gasteiger partial charge is 0.508 e. The highest BCUT2D eigenvalue weighted by Crippen LogP contribution is 2.31. The fourth-order valence-electron chi connectivity index (χ4n) is 4.92. The van der Waals surface area contributed by atoms with E-state index in [4.69, 9.17) is 14.7 Å². The number of carbonyl (C=O) groups is 3. The molecule has 0 spiro atoms. The molecule has 42 heavy (non-hydrogen) atoms. The Morgan fingerprint density at radius 3 is 2.40 bits per heavy atom. The second-order valence-electron chi connectivity index (χ2n) is 10.3. The third-order valence-electron chi connectivity index (χ3n) is 7.09. The van der Waals surface area contributed by atoms with Crippen molar-refractivity contribution in [1.82, 2.24) is 24.4 Å². The minimum absolute atomic E-state index is 0.0535. The second kappa shape index (κ2) is 11.4. The SMILES string of the molecule is CC(C)C(=O)n1c(C(C)c2nc3ccc(C(=O)NCCOc4ccccc4C(=O)O)cc3n2C)nc2cc(O)ccc21. The zero-order valence-corrected chi connectivity index (χ0v) is 23.7. The van der Waals surface area contributed by atoms with Crippen LogP contribution in [0.2, 0.25) is 0 Å². The maximum Gasteiger partial charge on any atom is 0.339 e. The molecule has 1 amide bonds. The average molecular weight is 570 g/mol. The lowest BCUT2D eigenvalue weighted by atomic mass is 10.1. The highest BCUT2D eigenvalue weighted by atomic mass is 16.5. The molecule has 5 aromatic rings. The van der Waals surface area contributed by atoms with Crippen molar-refractivity contribution < 1.29 is 29.3 Å². The van der Waals surface area contributed by atoms with Gasteiger partial charge in [-0.1, -0.05) is 26.0 Å². The van der Waals surface area contributed by atoms with Crippen LogP contribution in [-0.4, -0.2) is 60.3 Å². The normalized spacial score (nSPS) is 12.1. The molecule has 0 aliphatic carbocycles. The molecule has 11 nitrogen and oxygen atoms in total. The second-order valence-corrected chi connectivity index (χ2v) is 10.3. The van der Waals surface area contributed by atoms with Crippen molar-refractivity contribution in [2.45, 2.75) is 26.7 Å². The van der Waals surface area contributed by atoms with Crippen molar-refractivity contribution in [2.75, 3.05) is 13.2 Å². The number of fused-ring (bicyclic) bond motifs is 2. The number of amides is 1. The first-order valence-electron chi connectivity index (χ1n) is 13.5. The lowest BCUT2D eigenvalue weighted by Gasteiger charge is -2.15. The number of carboxylic acid groups (broad SMARTS) is 1. The third kappa shape index (κ3) is 5.28. The van der Waals surface area contributed by atoms with Gasteiger partial charge in [0.25, 0.3) is 5.91 Å². The lowest BCUT2D eigenvalue weighted by molar-refractivity contribution is 0.0691. The van der Waals surface area contributed by atoms with E-state index in [-0.39, 0.29) is 53.9 Å². The van der Waals surface area contributed by atoms with Crippen molar-refractivity contribution in [3.8, 4) is 11.5 Å². The van der Waals surface area contributed by atoms with E-state index in [1.807, 2.05) is 32.4 Å². The number of carbonyl (C=O) groups excluding carboxylic acids is 2. The van der Waals surface area contributed by atoms with Gasteiger partial charge in [-0.2, -0.15) is 0 Å². The van der Waals surface area contributed by atoms with Gasteiger partial charge in [-0.25, -0.2) is 14.8 Å². The highest BCUT2D eigenvalue weighted by molar-refractivity contribution is 5.97. The quantitative estimate of drug-likeness (QED) is 0.218. The Morgan fingerprint density at radius 1 is 0.929 bits per heavy atom. The van der Waals surface area contributed by atoms with Crippen LogP contribution in [0.25, 0.3) is 22.1 Å². The molecule has 0 bridgehead atoms. The number of phenols is 1. The molecule has 3 N–H and O–H groups in total. The molecule has 11 heteroatoms. The number of hydrogen-bond acceptors (Lipinski definition) is 7. The van der Waals surface area contributed by atoms with E-state index < -0.39 is 5.97 Å². The number of benzene rings is 3. The molecule has 2 aromatic heterocycles. The first-order valence-corrected chi connectivity index (χ1v) is 13.5. The Labute approximate surface area is 241 Å². The number of ether oxygens (including phenoxy) is 1. The zero-order chi connectivity index (χ0) is 30.1. The molecule has 216 valence electrons. The zero-order valence-electron chi connectivity index (χ0n) is 23.7. The number of hydrogen-bond donors (Lipinski definition) is 3. The van der Waals surface area contributed by atoms with Crippen LogP contribution in [0, 0.1) is 5.92 Å². The maximum atomic E-state index is 13.2. The van der Waals surface area contributed by atoms with Gasteiger partial charge in [-0.3, -0.25) is 14.2 Å². The average Bonchev–Trinajstić information content (AvgIpc) is 3.51. The van der Waals surface area contributed by atoms with E-state index in [9.17, 15) is 24.6 Å². The maximum absolute atomic E-state index is 13.2. The molecule has 1 unspecified atom stereocenters. The smallest absolute Gasteiger partial charge is 0.339 e. The van der Waals surface area contributed by atoms with Crippen LogP contribution in [-0.2, 0) is 7.05 Å². The van der Waals surface area contributed by atoms with Crippen molar-refractivity contribution in [3.63, 3.8) is 0 Å². The monoisotopic (exact) mass is 569 g/mol. The number of carboxylic acids is 1. The van der Waals surface area contributed by atoms with E-state index >= 15 is 0 Å². The number of nitrogens with one attached hydrogen (secondary N) is 1. The van der Waals surface area contributed by atoms with Gasteiger partial charge in [-0.15, -0.1) is 0 Å². The van der Waals surface area contributed by atoms with Gasteiger partial charge in [0.15, 0.2) is 0 Å². The van der Waals surface area contributed by atoms with Crippen molar-refractivity contribution in [3.05, 3.63) is 83.4 Å². The minimum Gasteiger partial charge on any atom is -0.508 e. The number of nitrogens with zero attached hydrogens (tertiary/aromatic N) is 4. The molecule has 3 aromatic carbocycles. The van der Waals surface area contributed by atoms with Crippen LogP contribution in [0.5, 0.6) is 11.5 Å². The topological polar surface area (TPSA) is 149 Å². The molecule has 0 aliphatic rings. The lowest BCUT2D eigenvalue weighted by Crippen LogP contribution is -2.28. The summed E-state index contributed by atoms with van der Waals surface area (Å²) < 4.78 is 9.03. The van der Waals surface area contributed by atoms with Gasteiger partial charge in [0.1, 0.15) is 35.3 Å². The molecular formula is C31H31N5O6. The van der Waals surface area contributed by atoms with E-state index in [0.29, 0.717) is 33.8 Å². The van der Waals surface area contributed by atoms with Gasteiger partial charge >= 0.3 is 5.97 Å². The van der Waals surface area contributed by atoms with Crippen LogP contribution in [0.4, 0.5) is 0 Å². The fourth-order valence-corrected chi connectivity index (χ4v) is 4.92. The van der Waals surface area contributed by atoms with Crippen LogP contribution >= 0.6 is 0 Å². The Bertz CT molecular complexity index is 1840. The van der Waals surface area contributed by atoms with Crippen LogP contribution < -0.4 is 10.1 Å². The fraction of sp³-hybridized carbons (Fsp3) is 0.258. The van der Waals surface area contributed by atoms with Gasteiger partial charge in [0, 0.05) is 24.6 Å². The van der Waals surface area contributed by atoms with E-state index in [1.54, 1.807) is 47.0 Å². The van der Waals surface area contributed by atoms with E-state index in [1.165, 1.54) is 18.2 Å². The van der Waals surface area contributed by atoms with Crippen molar-refractivity contribution in [2.24, 2.45) is 13.0 Å². The summed E-state index contributed by atoms with van der Waals surface area (Å²) >= 11 is 0. The predicted molar refractivity (Wildman–Crippen MR) is 156 cm³/mol. The molecule has 0 fully saturated rings. The number of aromatic nitrogens is 4. The first-order chi connectivity index (χ1) is 20.1. The van der Waals surface area contributed by atoms with E-state index in [2.05, 4.69) is 5.32 Å². The number of para-hydroxylation sites is 1. The van der Waals surface area contributed by atoms with Gasteiger partial charge in [-0.05, 0) is 49.4 Å². The molecule has 0 radical (unpaired) electrons. The summed E-state index contributed by atoms with van der Waals surface area (Å²) in [6.07, 6.45) is 0. The number of aromatic hydroxyl groups is 1. The van der Waals surface area contributed by atoms with Crippen LogP contribution in [0.1, 0.15) is 63.8 Å². The number of aryl methyl sites for hydroxylation is 1. The summed E-state index contributed by atoms with van der Waals surface area (Å²) in [6, 6.07) is 16.3. The summed E-state index contributed by atoms with van der Waals surface area (Å²) in [6.45, 7) is 5.84. The molecule has 1 atom stereocenters. The van der Waals surface area contributed by atoms with Crippen LogP contribution in [0.3, 0.4) is 0 Å². The highest BCUT2D eigenvalue weighted by Gasteiger charge is 2.27. The minimum atomic E-state index is -1.09. The Kier molecular flexibility index (Phi) is 7.66. The van der Waals surface area contributed by atoms with Gasteiger partial charge < -0.3 is 24.8 Å². The third-order valence-corrected chi connectivity index (χ3v) is 7.09. The number of phenolic OH excluding ortho intramolecular Hbond substituents is 1.